The van der Waals surface area contributed by atoms with Crippen LogP contribution >= 0.6 is 23.5 Å². The number of carbonyl (C=O) groups is 2. The predicted molar refractivity (Wildman–Crippen MR) is 99.9 cm³/mol. The molecule has 2 amide bonds. The summed E-state index contributed by atoms with van der Waals surface area (Å²) in [6.07, 6.45) is 0.906. The summed E-state index contributed by atoms with van der Waals surface area (Å²) < 4.78 is 0. The fourth-order valence-electron chi connectivity index (χ4n) is 2.31. The Kier molecular flexibility index (Phi) is 5.82. The minimum Gasteiger partial charge on any atom is -0.352 e. The molecule has 0 saturated heterocycles. The van der Waals surface area contributed by atoms with E-state index in [1.54, 1.807) is 23.9 Å². The van der Waals surface area contributed by atoms with Crippen molar-refractivity contribution in [3.05, 3.63) is 54.1 Å². The first-order valence-corrected chi connectivity index (χ1v) is 9.72. The molecule has 124 valence electrons. The van der Waals surface area contributed by atoms with Gasteiger partial charge in [-0.1, -0.05) is 18.2 Å². The fourth-order valence-corrected chi connectivity index (χ4v) is 3.97. The molecular formula is C18H18N2O2S2. The van der Waals surface area contributed by atoms with Gasteiger partial charge in [-0.15, -0.1) is 23.5 Å². The summed E-state index contributed by atoms with van der Waals surface area (Å²) in [5, 5.41) is 5.74. The maximum atomic E-state index is 12.2. The number of rotatable bonds is 6. The Labute approximate surface area is 149 Å². The minimum atomic E-state index is -0.104. The third kappa shape index (κ3) is 4.55. The Morgan fingerprint density at radius 2 is 2.04 bits per heavy atom. The van der Waals surface area contributed by atoms with E-state index in [2.05, 4.69) is 22.8 Å². The first-order chi connectivity index (χ1) is 11.7. The average molecular weight is 358 g/mol. The van der Waals surface area contributed by atoms with Crippen molar-refractivity contribution < 1.29 is 9.59 Å². The number of hydrogen-bond acceptors (Lipinski definition) is 4. The van der Waals surface area contributed by atoms with E-state index in [1.807, 2.05) is 24.3 Å². The van der Waals surface area contributed by atoms with E-state index in [9.17, 15) is 9.59 Å². The lowest BCUT2D eigenvalue weighted by Gasteiger charge is -2.16. The number of anilines is 1. The molecule has 3 rings (SSSR count). The van der Waals surface area contributed by atoms with Crippen molar-refractivity contribution in [2.24, 2.45) is 0 Å². The van der Waals surface area contributed by atoms with Gasteiger partial charge in [0.15, 0.2) is 0 Å². The summed E-state index contributed by atoms with van der Waals surface area (Å²) in [4.78, 5) is 25.9. The molecule has 2 aromatic carbocycles. The first kappa shape index (κ1) is 16.9. The lowest BCUT2D eigenvalue weighted by molar-refractivity contribution is -0.113. The third-order valence-corrected chi connectivity index (χ3v) is 5.67. The lowest BCUT2D eigenvalue weighted by atomic mass is 10.2. The largest absolute Gasteiger partial charge is 0.352 e. The average Bonchev–Trinajstić information content (AvgIpc) is 2.61. The summed E-state index contributed by atoms with van der Waals surface area (Å²) in [5.41, 5.74) is 1.30. The van der Waals surface area contributed by atoms with Gasteiger partial charge in [0.2, 0.25) is 5.91 Å². The van der Waals surface area contributed by atoms with E-state index in [4.69, 9.17) is 0 Å². The highest BCUT2D eigenvalue weighted by atomic mass is 32.2. The summed E-state index contributed by atoms with van der Waals surface area (Å²) in [5.74, 6) is 1.26. The normalized spacial score (nSPS) is 13.1. The highest BCUT2D eigenvalue weighted by Crippen LogP contribution is 2.31. The van der Waals surface area contributed by atoms with Crippen molar-refractivity contribution >= 4 is 41.0 Å². The standard InChI is InChI=1S/C18H18N2O2S2/c21-17-12-24-16-8-7-13(11-15(16)20-17)18(22)19-9-4-10-23-14-5-2-1-3-6-14/h1-3,5-8,11H,4,9-10,12H2,(H,19,22)(H,20,21). The van der Waals surface area contributed by atoms with Crippen molar-refractivity contribution in [1.82, 2.24) is 5.32 Å². The summed E-state index contributed by atoms with van der Waals surface area (Å²) in [6.45, 7) is 0.636. The Bertz CT molecular complexity index is 735. The van der Waals surface area contributed by atoms with E-state index >= 15 is 0 Å². The van der Waals surface area contributed by atoms with Gasteiger partial charge in [-0.25, -0.2) is 0 Å². The number of nitrogens with one attached hydrogen (secondary N) is 2. The third-order valence-electron chi connectivity index (χ3n) is 3.49. The van der Waals surface area contributed by atoms with Gasteiger partial charge in [-0.2, -0.15) is 0 Å². The van der Waals surface area contributed by atoms with Gasteiger partial charge in [0, 0.05) is 21.9 Å². The Morgan fingerprint density at radius 3 is 2.88 bits per heavy atom. The molecular weight excluding hydrogens is 340 g/mol. The molecule has 0 bridgehead atoms. The zero-order valence-electron chi connectivity index (χ0n) is 13.1. The topological polar surface area (TPSA) is 58.2 Å². The molecule has 1 aliphatic heterocycles. The highest BCUT2D eigenvalue weighted by molar-refractivity contribution is 8.00. The highest BCUT2D eigenvalue weighted by Gasteiger charge is 2.17. The van der Waals surface area contributed by atoms with Crippen LogP contribution in [-0.2, 0) is 4.79 Å². The number of amides is 2. The molecule has 1 heterocycles. The molecule has 24 heavy (non-hydrogen) atoms. The number of benzene rings is 2. The van der Waals surface area contributed by atoms with Crippen molar-refractivity contribution in [3.8, 4) is 0 Å². The van der Waals surface area contributed by atoms with Crippen LogP contribution in [0.5, 0.6) is 0 Å². The molecule has 0 unspecified atom stereocenters. The zero-order chi connectivity index (χ0) is 16.8. The molecule has 0 radical (unpaired) electrons. The van der Waals surface area contributed by atoms with Crippen LogP contribution in [0, 0.1) is 0 Å². The first-order valence-electron chi connectivity index (χ1n) is 7.75. The molecule has 2 aromatic rings. The molecule has 2 N–H and O–H groups in total. The summed E-state index contributed by atoms with van der Waals surface area (Å²) in [7, 11) is 0. The van der Waals surface area contributed by atoms with E-state index in [-0.39, 0.29) is 11.8 Å². The van der Waals surface area contributed by atoms with Crippen LogP contribution in [0.4, 0.5) is 5.69 Å². The number of thioether (sulfide) groups is 2. The van der Waals surface area contributed by atoms with Crippen molar-refractivity contribution in [3.63, 3.8) is 0 Å². The minimum absolute atomic E-state index is 0.0250. The number of carbonyl (C=O) groups excluding carboxylic acids is 2. The number of hydrogen-bond donors (Lipinski definition) is 2. The Morgan fingerprint density at radius 1 is 1.21 bits per heavy atom. The molecule has 4 nitrogen and oxygen atoms in total. The molecule has 0 atom stereocenters. The van der Waals surface area contributed by atoms with Crippen LogP contribution in [0.2, 0.25) is 0 Å². The van der Waals surface area contributed by atoms with E-state index < -0.39 is 0 Å². The van der Waals surface area contributed by atoms with Crippen LogP contribution in [0.1, 0.15) is 16.8 Å². The van der Waals surface area contributed by atoms with E-state index in [1.165, 1.54) is 16.7 Å². The van der Waals surface area contributed by atoms with E-state index in [0.29, 0.717) is 17.9 Å². The van der Waals surface area contributed by atoms with Gasteiger partial charge < -0.3 is 10.6 Å². The predicted octanol–water partition coefficient (Wildman–Crippen LogP) is 3.64. The zero-order valence-corrected chi connectivity index (χ0v) is 14.7. The van der Waals surface area contributed by atoms with E-state index in [0.717, 1.165) is 22.8 Å². The van der Waals surface area contributed by atoms with Crippen molar-refractivity contribution in [2.75, 3.05) is 23.4 Å². The van der Waals surface area contributed by atoms with Gasteiger partial charge >= 0.3 is 0 Å². The molecule has 0 aromatic heterocycles. The quantitative estimate of drug-likeness (QED) is 0.611. The second-order valence-electron chi connectivity index (χ2n) is 5.32. The second-order valence-corrected chi connectivity index (χ2v) is 7.50. The smallest absolute Gasteiger partial charge is 0.251 e. The van der Waals surface area contributed by atoms with Crippen molar-refractivity contribution in [1.29, 1.82) is 0 Å². The van der Waals surface area contributed by atoms with Crippen LogP contribution in [-0.4, -0.2) is 29.9 Å². The van der Waals surface area contributed by atoms with Gasteiger partial charge in [0.25, 0.3) is 5.91 Å². The Balaban J connectivity index is 1.45. The van der Waals surface area contributed by atoms with Crippen LogP contribution in [0.3, 0.4) is 0 Å². The van der Waals surface area contributed by atoms with Crippen LogP contribution in [0.25, 0.3) is 0 Å². The fraction of sp³-hybridized carbons (Fsp3) is 0.222. The van der Waals surface area contributed by atoms with Gasteiger partial charge in [0.1, 0.15) is 0 Å². The molecule has 6 heteroatoms. The van der Waals surface area contributed by atoms with Crippen molar-refractivity contribution in [2.45, 2.75) is 16.2 Å². The monoisotopic (exact) mass is 358 g/mol. The molecule has 0 saturated carbocycles. The van der Waals surface area contributed by atoms with Crippen LogP contribution in [0.15, 0.2) is 58.3 Å². The molecule has 0 spiro atoms. The molecule has 0 aliphatic carbocycles. The maximum Gasteiger partial charge on any atom is 0.251 e. The van der Waals surface area contributed by atoms with Gasteiger partial charge in [-0.05, 0) is 42.5 Å². The Hall–Kier alpha value is -1.92. The number of fused-ring (bicyclic) bond motifs is 1. The lowest BCUT2D eigenvalue weighted by Crippen LogP contribution is -2.25. The van der Waals surface area contributed by atoms with Crippen LogP contribution < -0.4 is 10.6 Å². The second kappa shape index (κ2) is 8.26. The van der Waals surface area contributed by atoms with Gasteiger partial charge in [0.05, 0.1) is 11.4 Å². The molecule has 0 fully saturated rings. The SMILES string of the molecule is O=C1CSc2ccc(C(=O)NCCCSc3ccccc3)cc2N1. The van der Waals surface area contributed by atoms with Gasteiger partial charge in [-0.3, -0.25) is 9.59 Å². The summed E-state index contributed by atoms with van der Waals surface area (Å²) >= 11 is 3.28. The summed E-state index contributed by atoms with van der Waals surface area (Å²) in [6, 6.07) is 15.7. The maximum absolute atomic E-state index is 12.2. The molecule has 1 aliphatic rings.